The monoisotopic (exact) mass is 603 g/mol. The van der Waals surface area contributed by atoms with Crippen molar-refractivity contribution in [3.63, 3.8) is 0 Å². The van der Waals surface area contributed by atoms with Gasteiger partial charge in [-0.25, -0.2) is 4.98 Å². The summed E-state index contributed by atoms with van der Waals surface area (Å²) in [6.07, 6.45) is 0. The Morgan fingerprint density at radius 1 is 0.930 bits per heavy atom. The van der Waals surface area contributed by atoms with Crippen LogP contribution in [0.2, 0.25) is 5.02 Å². The molecule has 0 aliphatic carbocycles. The normalized spacial score (nSPS) is 17.5. The van der Waals surface area contributed by atoms with Gasteiger partial charge >= 0.3 is 0 Å². The molecule has 2 aliphatic rings. The zero-order chi connectivity index (χ0) is 29.6. The van der Waals surface area contributed by atoms with Gasteiger partial charge in [0, 0.05) is 10.6 Å². The maximum Gasteiger partial charge on any atom is 0.297 e. The van der Waals surface area contributed by atoms with Crippen molar-refractivity contribution in [1.82, 2.24) is 4.98 Å². The molecule has 43 heavy (non-hydrogen) atoms. The summed E-state index contributed by atoms with van der Waals surface area (Å²) in [6, 6.07) is 25.4. The van der Waals surface area contributed by atoms with Crippen LogP contribution in [0.1, 0.15) is 38.4 Å². The Hall–Kier alpha value is -4.79. The molecule has 0 bridgehead atoms. The van der Waals surface area contributed by atoms with Gasteiger partial charge in [-0.1, -0.05) is 71.5 Å². The fraction of sp³-hybridized carbons (Fsp3) is 0.118. The van der Waals surface area contributed by atoms with E-state index < -0.39 is 22.8 Å². The fourth-order valence-electron chi connectivity index (χ4n) is 6.49. The van der Waals surface area contributed by atoms with Gasteiger partial charge in [0.05, 0.1) is 33.4 Å². The summed E-state index contributed by atoms with van der Waals surface area (Å²) in [4.78, 5) is 51.9. The average Bonchev–Trinajstić information content (AvgIpc) is 3.61. The third-order valence-corrected chi connectivity index (χ3v) is 9.53. The number of thiazole rings is 1. The predicted octanol–water partition coefficient (Wildman–Crippen LogP) is 7.12. The van der Waals surface area contributed by atoms with Crippen LogP contribution in [0.15, 0.2) is 94.1 Å². The first-order chi connectivity index (χ1) is 20.8. The summed E-state index contributed by atoms with van der Waals surface area (Å²) < 4.78 is 7.07. The quantitative estimate of drug-likeness (QED) is 0.215. The predicted molar refractivity (Wildman–Crippen MR) is 168 cm³/mol. The lowest BCUT2D eigenvalue weighted by Crippen LogP contribution is -2.53. The fourth-order valence-corrected chi connectivity index (χ4v) is 7.81. The highest BCUT2D eigenvalue weighted by Crippen LogP contribution is 2.55. The van der Waals surface area contributed by atoms with E-state index in [1.165, 1.54) is 16.2 Å². The summed E-state index contributed by atoms with van der Waals surface area (Å²) in [6.45, 7) is 4.18. The standard InChI is InChI=1S/C34H22ClN3O4S/c1-18-15-19(2)28-26(16-18)43-33(36-28)38-31(40)30-27(29(39)22-7-3-6-10-25(22)42-30)34(38)23-8-4-5-9-24(23)37(32(34)41)17-20-11-13-21(35)14-12-20/h3-16H,17H2,1-2H3. The van der Waals surface area contributed by atoms with Crippen molar-refractivity contribution in [1.29, 1.82) is 0 Å². The number of halogens is 1. The maximum atomic E-state index is 15.1. The molecule has 1 spiro atoms. The molecule has 4 aromatic carbocycles. The first-order valence-corrected chi connectivity index (χ1v) is 14.9. The minimum Gasteiger partial charge on any atom is -0.450 e. The Balaban J connectivity index is 1.45. The van der Waals surface area contributed by atoms with E-state index in [-0.39, 0.29) is 23.5 Å². The van der Waals surface area contributed by atoms with Crippen LogP contribution in [0.25, 0.3) is 21.2 Å². The summed E-state index contributed by atoms with van der Waals surface area (Å²) in [5.74, 6) is -1.15. The van der Waals surface area contributed by atoms with E-state index in [2.05, 4.69) is 0 Å². The van der Waals surface area contributed by atoms with Gasteiger partial charge in [0.2, 0.25) is 5.76 Å². The lowest BCUT2D eigenvalue weighted by atomic mass is 9.84. The van der Waals surface area contributed by atoms with Crippen molar-refractivity contribution in [2.45, 2.75) is 25.9 Å². The first-order valence-electron chi connectivity index (χ1n) is 13.7. The number of hydrogen-bond donors (Lipinski definition) is 0. The van der Waals surface area contributed by atoms with Crippen molar-refractivity contribution in [3.05, 3.63) is 134 Å². The highest BCUT2D eigenvalue weighted by Gasteiger charge is 2.66. The van der Waals surface area contributed by atoms with Gasteiger partial charge in [0.25, 0.3) is 11.8 Å². The molecule has 2 amide bonds. The molecule has 210 valence electrons. The van der Waals surface area contributed by atoms with Crippen LogP contribution < -0.4 is 15.2 Å². The number of hydrogen-bond acceptors (Lipinski definition) is 6. The van der Waals surface area contributed by atoms with Gasteiger partial charge in [-0.15, -0.1) is 0 Å². The second-order valence-corrected chi connectivity index (χ2v) is 12.4. The average molecular weight is 604 g/mol. The Morgan fingerprint density at radius 3 is 2.49 bits per heavy atom. The number of fused-ring (bicyclic) bond motifs is 6. The molecule has 0 saturated heterocycles. The molecular weight excluding hydrogens is 582 g/mol. The largest absolute Gasteiger partial charge is 0.450 e. The van der Waals surface area contributed by atoms with Gasteiger partial charge in [0.1, 0.15) is 5.58 Å². The molecule has 2 aromatic heterocycles. The lowest BCUT2D eigenvalue weighted by molar-refractivity contribution is -0.121. The van der Waals surface area contributed by atoms with E-state index in [1.54, 1.807) is 41.3 Å². The Bertz CT molecular complexity index is 2240. The molecule has 0 saturated carbocycles. The molecule has 4 heterocycles. The number of aryl methyl sites for hydroxylation is 2. The van der Waals surface area contributed by atoms with Crippen molar-refractivity contribution in [3.8, 4) is 0 Å². The zero-order valence-corrected chi connectivity index (χ0v) is 24.6. The molecule has 8 rings (SSSR count). The number of carbonyl (C=O) groups is 2. The van der Waals surface area contributed by atoms with Crippen molar-refractivity contribution < 1.29 is 14.0 Å². The molecule has 9 heteroatoms. The first kappa shape index (κ1) is 25.9. The highest BCUT2D eigenvalue weighted by atomic mass is 35.5. The molecule has 7 nitrogen and oxygen atoms in total. The number of anilines is 2. The van der Waals surface area contributed by atoms with Crippen LogP contribution in [0.4, 0.5) is 10.8 Å². The van der Waals surface area contributed by atoms with Crippen LogP contribution in [-0.4, -0.2) is 16.8 Å². The van der Waals surface area contributed by atoms with Crippen molar-refractivity contribution in [2.75, 3.05) is 9.80 Å². The van der Waals surface area contributed by atoms with Gasteiger partial charge in [0.15, 0.2) is 16.1 Å². The van der Waals surface area contributed by atoms with Crippen molar-refractivity contribution >= 4 is 66.8 Å². The molecule has 2 aliphatic heterocycles. The van der Waals surface area contributed by atoms with E-state index in [4.69, 9.17) is 21.0 Å². The molecule has 0 fully saturated rings. The number of para-hydroxylation sites is 2. The van der Waals surface area contributed by atoms with Crippen LogP contribution in [0.3, 0.4) is 0 Å². The third-order valence-electron chi connectivity index (χ3n) is 8.30. The minimum absolute atomic E-state index is 0.0133. The topological polar surface area (TPSA) is 83.7 Å². The van der Waals surface area contributed by atoms with E-state index in [0.717, 1.165) is 26.9 Å². The molecule has 0 N–H and O–H groups in total. The number of nitrogens with zero attached hydrogens (tertiary/aromatic N) is 3. The smallest absolute Gasteiger partial charge is 0.297 e. The van der Waals surface area contributed by atoms with Crippen LogP contribution in [0.5, 0.6) is 0 Å². The molecule has 1 unspecified atom stereocenters. The van der Waals surface area contributed by atoms with E-state index in [1.807, 2.05) is 62.4 Å². The van der Waals surface area contributed by atoms with Gasteiger partial charge in [-0.2, -0.15) is 0 Å². The number of rotatable bonds is 3. The van der Waals surface area contributed by atoms with E-state index in [0.29, 0.717) is 26.8 Å². The number of aromatic nitrogens is 1. The Labute approximate surface area is 254 Å². The van der Waals surface area contributed by atoms with Gasteiger partial charge in [-0.3, -0.25) is 19.3 Å². The SMILES string of the molecule is Cc1cc(C)c2nc(N3C(=O)c4oc5ccccc5c(=O)c4C34C(=O)N(Cc3ccc(Cl)cc3)c3ccccc34)sc2c1. The highest BCUT2D eigenvalue weighted by molar-refractivity contribution is 7.22. The third kappa shape index (κ3) is 3.48. The van der Waals surface area contributed by atoms with E-state index in [9.17, 15) is 9.59 Å². The summed E-state index contributed by atoms with van der Waals surface area (Å²) in [7, 11) is 0. The van der Waals surface area contributed by atoms with Crippen LogP contribution in [0, 0.1) is 13.8 Å². The van der Waals surface area contributed by atoms with Gasteiger partial charge < -0.3 is 9.32 Å². The van der Waals surface area contributed by atoms with E-state index >= 15 is 4.79 Å². The Morgan fingerprint density at radius 2 is 1.67 bits per heavy atom. The number of carbonyl (C=O) groups excluding carboxylic acids is 2. The number of amides is 2. The maximum absolute atomic E-state index is 15.1. The van der Waals surface area contributed by atoms with Crippen LogP contribution >= 0.6 is 22.9 Å². The van der Waals surface area contributed by atoms with Crippen molar-refractivity contribution in [2.24, 2.45) is 0 Å². The molecule has 1 atom stereocenters. The van der Waals surface area contributed by atoms with Crippen LogP contribution in [-0.2, 0) is 16.9 Å². The summed E-state index contributed by atoms with van der Waals surface area (Å²) in [5, 5.41) is 1.20. The zero-order valence-electron chi connectivity index (χ0n) is 23.1. The van der Waals surface area contributed by atoms with Gasteiger partial charge in [-0.05, 0) is 66.9 Å². The molecular formula is C34H22ClN3O4S. The lowest BCUT2D eigenvalue weighted by Gasteiger charge is -2.32. The second kappa shape index (κ2) is 9.10. The summed E-state index contributed by atoms with van der Waals surface area (Å²) in [5.41, 5.74) is 2.80. The minimum atomic E-state index is -1.81. The number of benzene rings is 4. The second-order valence-electron chi connectivity index (χ2n) is 10.9. The molecule has 0 radical (unpaired) electrons. The Kier molecular flexibility index (Phi) is 5.48. The molecule has 6 aromatic rings. The summed E-state index contributed by atoms with van der Waals surface area (Å²) >= 11 is 7.46.